The highest BCUT2D eigenvalue weighted by molar-refractivity contribution is 7.89. The van der Waals surface area contributed by atoms with E-state index in [1.807, 2.05) is 54.6 Å². The van der Waals surface area contributed by atoms with Crippen LogP contribution in [0.1, 0.15) is 5.56 Å². The van der Waals surface area contributed by atoms with E-state index < -0.39 is 10.0 Å². The summed E-state index contributed by atoms with van der Waals surface area (Å²) in [6, 6.07) is 26.2. The molecule has 0 spiro atoms. The van der Waals surface area contributed by atoms with Gasteiger partial charge in [0, 0.05) is 6.54 Å². The van der Waals surface area contributed by atoms with Gasteiger partial charge in [-0.2, -0.15) is 0 Å². The Morgan fingerprint density at radius 1 is 0.696 bits per heavy atom. The first-order valence-electron chi connectivity index (χ1n) is 7.35. The van der Waals surface area contributed by atoms with Crippen molar-refractivity contribution < 1.29 is 8.42 Å². The molecule has 0 aliphatic carbocycles. The Hall–Kier alpha value is -2.43. The Labute approximate surface area is 136 Å². The van der Waals surface area contributed by atoms with Gasteiger partial charge in [-0.05, 0) is 28.8 Å². The standard InChI is InChI=1S/C19H17NO2S/c21-23(22,18-12-5-2-6-13-18)20-15-17-11-7-8-14-19(17)16-9-3-1-4-10-16/h1-14,20H,15H2. The van der Waals surface area contributed by atoms with E-state index in [4.69, 9.17) is 0 Å². The lowest BCUT2D eigenvalue weighted by atomic mass is 10.00. The minimum atomic E-state index is -3.51. The van der Waals surface area contributed by atoms with Gasteiger partial charge in [-0.15, -0.1) is 0 Å². The maximum Gasteiger partial charge on any atom is 0.240 e. The molecule has 4 heteroatoms. The molecule has 3 rings (SSSR count). The molecule has 3 aromatic carbocycles. The zero-order chi connectivity index (χ0) is 16.1. The second-order valence-corrected chi connectivity index (χ2v) is 6.93. The second kappa shape index (κ2) is 6.77. The van der Waals surface area contributed by atoms with Crippen molar-refractivity contribution in [2.75, 3.05) is 0 Å². The van der Waals surface area contributed by atoms with Gasteiger partial charge < -0.3 is 0 Å². The van der Waals surface area contributed by atoms with Crippen molar-refractivity contribution in [2.45, 2.75) is 11.4 Å². The van der Waals surface area contributed by atoms with Crippen LogP contribution >= 0.6 is 0 Å². The predicted molar refractivity (Wildman–Crippen MR) is 92.3 cm³/mol. The normalized spacial score (nSPS) is 11.3. The third-order valence-corrected chi connectivity index (χ3v) is 5.03. The van der Waals surface area contributed by atoms with E-state index in [1.165, 1.54) is 0 Å². The topological polar surface area (TPSA) is 46.2 Å². The van der Waals surface area contributed by atoms with Crippen LogP contribution in [0.5, 0.6) is 0 Å². The average Bonchev–Trinajstić information content (AvgIpc) is 2.62. The van der Waals surface area contributed by atoms with Crippen LogP contribution in [-0.2, 0) is 16.6 Å². The molecule has 0 aliphatic rings. The van der Waals surface area contributed by atoms with Gasteiger partial charge >= 0.3 is 0 Å². The van der Waals surface area contributed by atoms with Crippen molar-refractivity contribution in [3.8, 4) is 11.1 Å². The number of rotatable bonds is 5. The second-order valence-electron chi connectivity index (χ2n) is 5.16. The molecule has 116 valence electrons. The first kappa shape index (κ1) is 15.5. The molecule has 0 fully saturated rings. The smallest absolute Gasteiger partial charge is 0.207 e. The van der Waals surface area contributed by atoms with E-state index in [2.05, 4.69) is 4.72 Å². The molecule has 0 amide bonds. The van der Waals surface area contributed by atoms with Crippen LogP contribution in [-0.4, -0.2) is 8.42 Å². The molecule has 0 aliphatic heterocycles. The van der Waals surface area contributed by atoms with E-state index in [0.29, 0.717) is 0 Å². The van der Waals surface area contributed by atoms with Crippen LogP contribution in [0, 0.1) is 0 Å². The molecule has 23 heavy (non-hydrogen) atoms. The van der Waals surface area contributed by atoms with Gasteiger partial charge in [-0.3, -0.25) is 0 Å². The summed E-state index contributed by atoms with van der Waals surface area (Å²) in [5.74, 6) is 0. The van der Waals surface area contributed by atoms with Gasteiger partial charge in [0.15, 0.2) is 0 Å². The van der Waals surface area contributed by atoms with Crippen molar-refractivity contribution in [1.29, 1.82) is 0 Å². The van der Waals surface area contributed by atoms with Crippen molar-refractivity contribution in [1.82, 2.24) is 4.72 Å². The first-order chi connectivity index (χ1) is 11.2. The fraction of sp³-hybridized carbons (Fsp3) is 0.0526. The summed E-state index contributed by atoms with van der Waals surface area (Å²) in [7, 11) is -3.51. The van der Waals surface area contributed by atoms with Crippen LogP contribution in [0.15, 0.2) is 89.8 Å². The lowest BCUT2D eigenvalue weighted by Gasteiger charge is -2.11. The quantitative estimate of drug-likeness (QED) is 0.775. The molecule has 0 atom stereocenters. The van der Waals surface area contributed by atoms with E-state index >= 15 is 0 Å². The molecule has 1 N–H and O–H groups in total. The lowest BCUT2D eigenvalue weighted by Crippen LogP contribution is -2.23. The zero-order valence-electron chi connectivity index (χ0n) is 12.5. The molecular weight excluding hydrogens is 306 g/mol. The molecule has 0 unspecified atom stereocenters. The SMILES string of the molecule is O=S(=O)(NCc1ccccc1-c1ccccc1)c1ccccc1. The summed E-state index contributed by atoms with van der Waals surface area (Å²) in [5, 5.41) is 0. The third-order valence-electron chi connectivity index (χ3n) is 3.61. The molecule has 0 aromatic heterocycles. The van der Waals surface area contributed by atoms with E-state index in [1.54, 1.807) is 30.3 Å². The van der Waals surface area contributed by atoms with Crippen molar-refractivity contribution >= 4 is 10.0 Å². The number of hydrogen-bond acceptors (Lipinski definition) is 2. The average molecular weight is 323 g/mol. The number of benzene rings is 3. The Bertz CT molecular complexity index is 876. The van der Waals surface area contributed by atoms with Crippen LogP contribution in [0.25, 0.3) is 11.1 Å². The predicted octanol–water partition coefficient (Wildman–Crippen LogP) is 3.83. The number of sulfonamides is 1. The van der Waals surface area contributed by atoms with Crippen molar-refractivity contribution in [3.63, 3.8) is 0 Å². The van der Waals surface area contributed by atoms with E-state index in [-0.39, 0.29) is 11.4 Å². The Morgan fingerprint density at radius 2 is 1.26 bits per heavy atom. The van der Waals surface area contributed by atoms with Crippen LogP contribution < -0.4 is 4.72 Å². The molecule has 3 aromatic rings. The molecule has 0 saturated carbocycles. The summed E-state index contributed by atoms with van der Waals surface area (Å²) in [4.78, 5) is 0.275. The van der Waals surface area contributed by atoms with E-state index in [9.17, 15) is 8.42 Å². The Morgan fingerprint density at radius 3 is 1.96 bits per heavy atom. The van der Waals surface area contributed by atoms with Gasteiger partial charge in [0.1, 0.15) is 0 Å². The molecule has 0 radical (unpaired) electrons. The molecule has 0 saturated heterocycles. The summed E-state index contributed by atoms with van der Waals surface area (Å²) in [5.41, 5.74) is 3.05. The minimum absolute atomic E-state index is 0.252. The first-order valence-corrected chi connectivity index (χ1v) is 8.83. The minimum Gasteiger partial charge on any atom is -0.207 e. The van der Waals surface area contributed by atoms with Gasteiger partial charge in [-0.1, -0.05) is 72.8 Å². The molecule has 0 heterocycles. The largest absolute Gasteiger partial charge is 0.240 e. The highest BCUT2D eigenvalue weighted by Crippen LogP contribution is 2.23. The summed E-state index contributed by atoms with van der Waals surface area (Å²) < 4.78 is 27.4. The van der Waals surface area contributed by atoms with Crippen LogP contribution in [0.2, 0.25) is 0 Å². The fourth-order valence-electron chi connectivity index (χ4n) is 2.43. The lowest BCUT2D eigenvalue weighted by molar-refractivity contribution is 0.581. The van der Waals surface area contributed by atoms with Crippen LogP contribution in [0.4, 0.5) is 0 Å². The third kappa shape index (κ3) is 3.67. The van der Waals surface area contributed by atoms with Gasteiger partial charge in [0.05, 0.1) is 4.90 Å². The van der Waals surface area contributed by atoms with Gasteiger partial charge in [0.2, 0.25) is 10.0 Å². The fourth-order valence-corrected chi connectivity index (χ4v) is 3.46. The maximum atomic E-state index is 12.3. The molecular formula is C19H17NO2S. The Balaban J connectivity index is 1.85. The highest BCUT2D eigenvalue weighted by atomic mass is 32.2. The molecule has 3 nitrogen and oxygen atoms in total. The highest BCUT2D eigenvalue weighted by Gasteiger charge is 2.14. The summed E-state index contributed by atoms with van der Waals surface area (Å²) >= 11 is 0. The zero-order valence-corrected chi connectivity index (χ0v) is 13.3. The van der Waals surface area contributed by atoms with Crippen LogP contribution in [0.3, 0.4) is 0 Å². The van der Waals surface area contributed by atoms with E-state index in [0.717, 1.165) is 16.7 Å². The van der Waals surface area contributed by atoms with Gasteiger partial charge in [0.25, 0.3) is 0 Å². The summed E-state index contributed by atoms with van der Waals surface area (Å²) in [6.45, 7) is 0.252. The monoisotopic (exact) mass is 323 g/mol. The van der Waals surface area contributed by atoms with Gasteiger partial charge in [-0.25, -0.2) is 13.1 Å². The Kier molecular flexibility index (Phi) is 4.55. The molecule has 0 bridgehead atoms. The number of hydrogen-bond donors (Lipinski definition) is 1. The number of nitrogens with one attached hydrogen (secondary N) is 1. The van der Waals surface area contributed by atoms with Crippen molar-refractivity contribution in [2.24, 2.45) is 0 Å². The maximum absolute atomic E-state index is 12.3. The van der Waals surface area contributed by atoms with Crippen molar-refractivity contribution in [3.05, 3.63) is 90.5 Å². The summed E-state index contributed by atoms with van der Waals surface area (Å²) in [6.07, 6.45) is 0.